The Balaban J connectivity index is 1.99. The fourth-order valence-electron chi connectivity index (χ4n) is 2.52. The molecule has 1 saturated heterocycles. The molecule has 0 radical (unpaired) electrons. The van der Waals surface area contributed by atoms with Crippen LogP contribution in [-0.2, 0) is 6.54 Å². The molecule has 0 aromatic heterocycles. The summed E-state index contributed by atoms with van der Waals surface area (Å²) in [6.07, 6.45) is 0.803. The minimum atomic E-state index is -0.106. The van der Waals surface area contributed by atoms with Crippen molar-refractivity contribution in [2.45, 2.75) is 39.8 Å². The van der Waals surface area contributed by atoms with Gasteiger partial charge in [0.1, 0.15) is 0 Å². The fourth-order valence-corrected chi connectivity index (χ4v) is 2.52. The molecule has 1 aromatic rings. The third-order valence-electron chi connectivity index (χ3n) is 3.92. The zero-order chi connectivity index (χ0) is 12.4. The number of hydrogen-bond acceptors (Lipinski definition) is 2. The van der Waals surface area contributed by atoms with E-state index in [-0.39, 0.29) is 6.10 Å². The summed E-state index contributed by atoms with van der Waals surface area (Å²) in [6, 6.07) is 6.70. The Labute approximate surface area is 104 Å². The minimum Gasteiger partial charge on any atom is -0.393 e. The first-order valence-electron chi connectivity index (χ1n) is 6.53. The lowest BCUT2D eigenvalue weighted by molar-refractivity contribution is 0.0320. The van der Waals surface area contributed by atoms with Gasteiger partial charge in [-0.3, -0.25) is 4.90 Å². The lowest BCUT2D eigenvalue weighted by Crippen LogP contribution is -2.41. The van der Waals surface area contributed by atoms with Gasteiger partial charge in [-0.1, -0.05) is 25.1 Å². The van der Waals surface area contributed by atoms with E-state index in [0.29, 0.717) is 5.92 Å². The third-order valence-corrected chi connectivity index (χ3v) is 3.92. The van der Waals surface area contributed by atoms with Crippen LogP contribution in [0, 0.1) is 19.8 Å². The Morgan fingerprint density at radius 3 is 2.71 bits per heavy atom. The Hall–Kier alpha value is -0.860. The van der Waals surface area contributed by atoms with Crippen molar-refractivity contribution in [2.24, 2.45) is 5.92 Å². The van der Waals surface area contributed by atoms with Crippen LogP contribution in [0.5, 0.6) is 0 Å². The largest absolute Gasteiger partial charge is 0.393 e. The highest BCUT2D eigenvalue weighted by atomic mass is 16.3. The predicted molar refractivity (Wildman–Crippen MR) is 71.0 cm³/mol. The van der Waals surface area contributed by atoms with E-state index in [1.807, 2.05) is 0 Å². The highest BCUT2D eigenvalue weighted by molar-refractivity contribution is 5.29. The molecular weight excluding hydrogens is 210 g/mol. The fraction of sp³-hybridized carbons (Fsp3) is 0.600. The lowest BCUT2D eigenvalue weighted by Gasteiger charge is -2.34. The maximum absolute atomic E-state index is 9.72. The molecule has 1 aliphatic heterocycles. The summed E-state index contributed by atoms with van der Waals surface area (Å²) in [5.74, 6) is 0.398. The first-order valence-corrected chi connectivity index (χ1v) is 6.53. The molecule has 2 atom stereocenters. The van der Waals surface area contributed by atoms with Crippen molar-refractivity contribution in [2.75, 3.05) is 13.1 Å². The van der Waals surface area contributed by atoms with Gasteiger partial charge in [0.25, 0.3) is 0 Å². The average molecular weight is 233 g/mol. The molecule has 2 rings (SSSR count). The van der Waals surface area contributed by atoms with Crippen LogP contribution >= 0.6 is 0 Å². The molecule has 17 heavy (non-hydrogen) atoms. The first kappa shape index (κ1) is 12.6. The molecule has 1 heterocycles. The molecular formula is C15H23NO. The van der Waals surface area contributed by atoms with E-state index in [4.69, 9.17) is 0 Å². The Kier molecular flexibility index (Phi) is 3.85. The molecule has 1 fully saturated rings. The van der Waals surface area contributed by atoms with Gasteiger partial charge in [0.15, 0.2) is 0 Å². The molecule has 0 bridgehead atoms. The van der Waals surface area contributed by atoms with Gasteiger partial charge in [-0.2, -0.15) is 0 Å². The second kappa shape index (κ2) is 5.19. The maximum atomic E-state index is 9.72. The normalized spacial score (nSPS) is 26.1. The highest BCUT2D eigenvalue weighted by Crippen LogP contribution is 2.19. The van der Waals surface area contributed by atoms with Gasteiger partial charge in [-0.05, 0) is 42.9 Å². The van der Waals surface area contributed by atoms with Crippen LogP contribution in [0.25, 0.3) is 0 Å². The molecule has 2 heteroatoms. The molecule has 1 N–H and O–H groups in total. The number of aryl methyl sites for hydroxylation is 2. The molecule has 2 nitrogen and oxygen atoms in total. The molecule has 94 valence electrons. The molecule has 1 aromatic carbocycles. The van der Waals surface area contributed by atoms with Crippen LogP contribution in [0.3, 0.4) is 0 Å². The van der Waals surface area contributed by atoms with Gasteiger partial charge in [-0.15, -0.1) is 0 Å². The molecule has 0 spiro atoms. The van der Waals surface area contributed by atoms with E-state index in [1.165, 1.54) is 16.7 Å². The third kappa shape index (κ3) is 3.08. The summed E-state index contributed by atoms with van der Waals surface area (Å²) in [5.41, 5.74) is 4.11. The molecule has 0 saturated carbocycles. The second-order valence-electron chi connectivity index (χ2n) is 5.49. The van der Waals surface area contributed by atoms with Crippen molar-refractivity contribution in [3.05, 3.63) is 34.9 Å². The van der Waals surface area contributed by atoms with Crippen LogP contribution < -0.4 is 0 Å². The standard InChI is InChI=1S/C15H23NO/c1-11-4-5-14(8-12(11)2)10-16-7-6-15(17)13(3)9-16/h4-5,8,13,15,17H,6-7,9-10H2,1-3H3. The van der Waals surface area contributed by atoms with Crippen molar-refractivity contribution < 1.29 is 5.11 Å². The van der Waals surface area contributed by atoms with Crippen LogP contribution in [-0.4, -0.2) is 29.2 Å². The topological polar surface area (TPSA) is 23.5 Å². The average Bonchev–Trinajstić information content (AvgIpc) is 2.29. The molecule has 0 aliphatic carbocycles. The second-order valence-corrected chi connectivity index (χ2v) is 5.49. The summed E-state index contributed by atoms with van der Waals surface area (Å²) >= 11 is 0. The quantitative estimate of drug-likeness (QED) is 0.848. The predicted octanol–water partition coefficient (Wildman–Crippen LogP) is 2.51. The van der Waals surface area contributed by atoms with E-state index >= 15 is 0 Å². The van der Waals surface area contributed by atoms with Gasteiger partial charge in [0.05, 0.1) is 6.10 Å². The Bertz CT molecular complexity index is 389. The van der Waals surface area contributed by atoms with Gasteiger partial charge in [0.2, 0.25) is 0 Å². The summed E-state index contributed by atoms with van der Waals surface area (Å²) < 4.78 is 0. The van der Waals surface area contributed by atoms with Crippen LogP contribution in [0.2, 0.25) is 0 Å². The number of aliphatic hydroxyl groups is 1. The Morgan fingerprint density at radius 2 is 2.06 bits per heavy atom. The van der Waals surface area contributed by atoms with Crippen molar-refractivity contribution in [3.63, 3.8) is 0 Å². The van der Waals surface area contributed by atoms with Crippen LogP contribution in [0.15, 0.2) is 18.2 Å². The zero-order valence-electron chi connectivity index (χ0n) is 11.1. The van der Waals surface area contributed by atoms with Crippen molar-refractivity contribution in [3.8, 4) is 0 Å². The number of rotatable bonds is 2. The minimum absolute atomic E-state index is 0.106. The van der Waals surface area contributed by atoms with E-state index in [0.717, 1.165) is 26.1 Å². The smallest absolute Gasteiger partial charge is 0.0590 e. The molecule has 2 unspecified atom stereocenters. The number of piperidine rings is 1. The zero-order valence-corrected chi connectivity index (χ0v) is 11.1. The van der Waals surface area contributed by atoms with Crippen LogP contribution in [0.4, 0.5) is 0 Å². The lowest BCUT2D eigenvalue weighted by atomic mass is 9.96. The summed E-state index contributed by atoms with van der Waals surface area (Å²) in [5, 5.41) is 9.72. The van der Waals surface area contributed by atoms with Crippen LogP contribution in [0.1, 0.15) is 30.0 Å². The number of nitrogens with zero attached hydrogens (tertiary/aromatic N) is 1. The van der Waals surface area contributed by atoms with Crippen molar-refractivity contribution in [1.82, 2.24) is 4.90 Å². The monoisotopic (exact) mass is 233 g/mol. The van der Waals surface area contributed by atoms with Crippen molar-refractivity contribution in [1.29, 1.82) is 0 Å². The van der Waals surface area contributed by atoms with Crippen molar-refractivity contribution >= 4 is 0 Å². The summed E-state index contributed by atoms with van der Waals surface area (Å²) in [4.78, 5) is 2.45. The van der Waals surface area contributed by atoms with E-state index in [9.17, 15) is 5.11 Å². The van der Waals surface area contributed by atoms with Gasteiger partial charge in [-0.25, -0.2) is 0 Å². The summed E-state index contributed by atoms with van der Waals surface area (Å²) in [7, 11) is 0. The van der Waals surface area contributed by atoms with E-state index in [2.05, 4.69) is 43.9 Å². The highest BCUT2D eigenvalue weighted by Gasteiger charge is 2.23. The number of aliphatic hydroxyl groups excluding tert-OH is 1. The van der Waals surface area contributed by atoms with Gasteiger partial charge in [0, 0.05) is 19.6 Å². The SMILES string of the molecule is Cc1ccc(CN2CCC(O)C(C)C2)cc1C. The summed E-state index contributed by atoms with van der Waals surface area (Å²) in [6.45, 7) is 9.49. The number of benzene rings is 1. The maximum Gasteiger partial charge on any atom is 0.0590 e. The number of hydrogen-bond donors (Lipinski definition) is 1. The molecule has 1 aliphatic rings. The van der Waals surface area contributed by atoms with E-state index in [1.54, 1.807) is 0 Å². The number of likely N-dealkylation sites (tertiary alicyclic amines) is 1. The van der Waals surface area contributed by atoms with Gasteiger partial charge >= 0.3 is 0 Å². The first-order chi connectivity index (χ1) is 8.06. The van der Waals surface area contributed by atoms with E-state index < -0.39 is 0 Å². The molecule has 0 amide bonds. The Morgan fingerprint density at radius 1 is 1.29 bits per heavy atom. The van der Waals surface area contributed by atoms with Gasteiger partial charge < -0.3 is 5.11 Å².